The average Bonchev–Trinajstić information content (AvgIpc) is 2.29. The largest absolute Gasteiger partial charge is 0.373 e. The average molecular weight is 289 g/mol. The summed E-state index contributed by atoms with van der Waals surface area (Å²) in [5.41, 5.74) is 3.78. The fourth-order valence-corrected chi connectivity index (χ4v) is 2.30. The van der Waals surface area contributed by atoms with Crippen molar-refractivity contribution >= 4 is 15.9 Å². The lowest BCUT2D eigenvalue weighted by Gasteiger charge is -2.26. The normalized spacial score (nSPS) is 18.8. The Labute approximate surface area is 110 Å². The van der Waals surface area contributed by atoms with Crippen LogP contribution in [0.25, 0.3) is 11.1 Å². The van der Waals surface area contributed by atoms with Crippen LogP contribution in [0.15, 0.2) is 53.0 Å². The maximum Gasteiger partial charge on any atom is 0.0846 e. The van der Waals surface area contributed by atoms with E-state index in [1.807, 2.05) is 0 Å². The molecule has 0 aliphatic carbocycles. The van der Waals surface area contributed by atoms with E-state index < -0.39 is 0 Å². The maximum absolute atomic E-state index is 5.47. The quantitative estimate of drug-likeness (QED) is 0.786. The summed E-state index contributed by atoms with van der Waals surface area (Å²) in [5.74, 6) is 0. The summed E-state index contributed by atoms with van der Waals surface area (Å²) in [7, 11) is 0. The Hall–Kier alpha value is -1.12. The summed E-state index contributed by atoms with van der Waals surface area (Å²) in [4.78, 5) is 0. The highest BCUT2D eigenvalue weighted by molar-refractivity contribution is 9.10. The van der Waals surface area contributed by atoms with Gasteiger partial charge >= 0.3 is 0 Å². The van der Waals surface area contributed by atoms with E-state index >= 15 is 0 Å². The molecule has 1 fully saturated rings. The minimum absolute atomic E-state index is 0.328. The summed E-state index contributed by atoms with van der Waals surface area (Å²) >= 11 is 3.45. The second-order valence-electron chi connectivity index (χ2n) is 4.28. The van der Waals surface area contributed by atoms with E-state index in [0.717, 1.165) is 17.5 Å². The predicted octanol–water partition coefficient (Wildman–Crippen LogP) is 4.58. The highest BCUT2D eigenvalue weighted by Gasteiger charge is 2.19. The van der Waals surface area contributed by atoms with Crippen LogP contribution in [-0.4, -0.2) is 6.61 Å². The Morgan fingerprint density at radius 3 is 1.88 bits per heavy atom. The minimum Gasteiger partial charge on any atom is -0.373 e. The minimum atomic E-state index is 0.328. The Bertz CT molecular complexity index is 497. The van der Waals surface area contributed by atoms with Crippen LogP contribution < -0.4 is 0 Å². The molecule has 1 nitrogen and oxygen atoms in total. The number of hydrogen-bond acceptors (Lipinski definition) is 1. The van der Waals surface area contributed by atoms with Gasteiger partial charge in [-0.1, -0.05) is 52.3 Å². The summed E-state index contributed by atoms with van der Waals surface area (Å²) in [6, 6.07) is 17.1. The van der Waals surface area contributed by atoms with E-state index in [4.69, 9.17) is 4.74 Å². The fourth-order valence-electron chi connectivity index (χ4n) is 2.03. The first kappa shape index (κ1) is 11.0. The summed E-state index contributed by atoms with van der Waals surface area (Å²) in [5, 5.41) is 0. The molecule has 0 saturated carbocycles. The predicted molar refractivity (Wildman–Crippen MR) is 72.9 cm³/mol. The first-order valence-corrected chi connectivity index (χ1v) is 6.60. The molecule has 0 amide bonds. The lowest BCUT2D eigenvalue weighted by Crippen LogP contribution is -2.17. The van der Waals surface area contributed by atoms with Gasteiger partial charge in [-0.3, -0.25) is 0 Å². The van der Waals surface area contributed by atoms with Crippen LogP contribution >= 0.6 is 15.9 Å². The summed E-state index contributed by atoms with van der Waals surface area (Å²) in [6.07, 6.45) is 1.48. The molecule has 2 aromatic rings. The van der Waals surface area contributed by atoms with Crippen molar-refractivity contribution < 1.29 is 4.74 Å². The molecule has 1 aliphatic heterocycles. The Balaban J connectivity index is 1.86. The molecule has 86 valence electrons. The van der Waals surface area contributed by atoms with Crippen molar-refractivity contribution in [3.05, 3.63) is 58.6 Å². The monoisotopic (exact) mass is 288 g/mol. The van der Waals surface area contributed by atoms with Gasteiger partial charge in [0, 0.05) is 10.9 Å². The Kier molecular flexibility index (Phi) is 3.00. The lowest BCUT2D eigenvalue weighted by atomic mass is 9.99. The molecule has 1 heterocycles. The Morgan fingerprint density at radius 2 is 1.41 bits per heavy atom. The van der Waals surface area contributed by atoms with E-state index in [1.165, 1.54) is 16.7 Å². The van der Waals surface area contributed by atoms with Gasteiger partial charge < -0.3 is 4.74 Å². The number of ether oxygens (including phenoxy) is 1. The van der Waals surface area contributed by atoms with Gasteiger partial charge in [0.2, 0.25) is 0 Å². The van der Waals surface area contributed by atoms with E-state index in [0.29, 0.717) is 6.10 Å². The molecule has 17 heavy (non-hydrogen) atoms. The molecular weight excluding hydrogens is 276 g/mol. The molecular formula is C15H13BrO. The van der Waals surface area contributed by atoms with Gasteiger partial charge in [0.25, 0.3) is 0 Å². The van der Waals surface area contributed by atoms with Gasteiger partial charge in [-0.05, 0) is 28.8 Å². The van der Waals surface area contributed by atoms with E-state index in [2.05, 4.69) is 64.5 Å². The van der Waals surface area contributed by atoms with E-state index in [9.17, 15) is 0 Å². The molecule has 1 aliphatic rings. The molecule has 0 N–H and O–H groups in total. The van der Waals surface area contributed by atoms with Crippen LogP contribution in [0.2, 0.25) is 0 Å². The zero-order valence-electron chi connectivity index (χ0n) is 9.40. The lowest BCUT2D eigenvalue weighted by molar-refractivity contribution is -0.0527. The maximum atomic E-state index is 5.47. The molecule has 0 bridgehead atoms. The third-order valence-corrected chi connectivity index (χ3v) is 3.69. The van der Waals surface area contributed by atoms with E-state index in [1.54, 1.807) is 0 Å². The molecule has 2 aromatic carbocycles. The zero-order valence-corrected chi connectivity index (χ0v) is 11.0. The smallest absolute Gasteiger partial charge is 0.0846 e. The number of halogens is 1. The first-order valence-electron chi connectivity index (χ1n) is 5.80. The van der Waals surface area contributed by atoms with Crippen molar-refractivity contribution in [1.82, 2.24) is 0 Å². The SMILES string of the molecule is Brc1ccc(-c2ccc(C3CCO3)cc2)cc1. The number of benzene rings is 2. The second-order valence-corrected chi connectivity index (χ2v) is 5.19. The van der Waals surface area contributed by atoms with Gasteiger partial charge in [-0.15, -0.1) is 0 Å². The van der Waals surface area contributed by atoms with Gasteiger partial charge in [-0.2, -0.15) is 0 Å². The topological polar surface area (TPSA) is 9.23 Å². The number of rotatable bonds is 2. The van der Waals surface area contributed by atoms with Crippen molar-refractivity contribution in [1.29, 1.82) is 0 Å². The molecule has 1 unspecified atom stereocenters. The Morgan fingerprint density at radius 1 is 0.882 bits per heavy atom. The van der Waals surface area contributed by atoms with Crippen molar-refractivity contribution in [3.63, 3.8) is 0 Å². The van der Waals surface area contributed by atoms with Gasteiger partial charge in [0.1, 0.15) is 0 Å². The first-order chi connectivity index (χ1) is 8.33. The third kappa shape index (κ3) is 2.28. The fraction of sp³-hybridized carbons (Fsp3) is 0.200. The van der Waals surface area contributed by atoms with Crippen molar-refractivity contribution in [2.45, 2.75) is 12.5 Å². The number of hydrogen-bond donors (Lipinski definition) is 0. The van der Waals surface area contributed by atoms with Gasteiger partial charge in [-0.25, -0.2) is 0 Å². The summed E-state index contributed by atoms with van der Waals surface area (Å²) < 4.78 is 6.58. The highest BCUT2D eigenvalue weighted by Crippen LogP contribution is 2.30. The molecule has 1 saturated heterocycles. The van der Waals surface area contributed by atoms with Crippen molar-refractivity contribution in [3.8, 4) is 11.1 Å². The van der Waals surface area contributed by atoms with Crippen molar-refractivity contribution in [2.24, 2.45) is 0 Å². The van der Waals surface area contributed by atoms with Crippen LogP contribution in [0.1, 0.15) is 18.1 Å². The summed E-state index contributed by atoms with van der Waals surface area (Å²) in [6.45, 7) is 0.902. The van der Waals surface area contributed by atoms with Crippen LogP contribution in [-0.2, 0) is 4.74 Å². The molecule has 0 spiro atoms. The molecule has 3 rings (SSSR count). The highest BCUT2D eigenvalue weighted by atomic mass is 79.9. The van der Waals surface area contributed by atoms with Crippen LogP contribution in [0.5, 0.6) is 0 Å². The third-order valence-electron chi connectivity index (χ3n) is 3.16. The van der Waals surface area contributed by atoms with Crippen LogP contribution in [0.4, 0.5) is 0 Å². The van der Waals surface area contributed by atoms with Gasteiger partial charge in [0.15, 0.2) is 0 Å². The standard InChI is InChI=1S/C15H13BrO/c16-14-7-5-12(6-8-14)11-1-3-13(4-2-11)15-9-10-17-15/h1-8,15H,9-10H2. The molecule has 0 aromatic heterocycles. The molecule has 1 atom stereocenters. The molecule has 2 heteroatoms. The van der Waals surface area contributed by atoms with Gasteiger partial charge in [0.05, 0.1) is 12.7 Å². The van der Waals surface area contributed by atoms with Crippen molar-refractivity contribution in [2.75, 3.05) is 6.61 Å². The second kappa shape index (κ2) is 4.63. The molecule has 0 radical (unpaired) electrons. The van der Waals surface area contributed by atoms with E-state index in [-0.39, 0.29) is 0 Å². The zero-order chi connectivity index (χ0) is 11.7. The van der Waals surface area contributed by atoms with Crippen LogP contribution in [0.3, 0.4) is 0 Å². The van der Waals surface area contributed by atoms with Crippen LogP contribution in [0, 0.1) is 0 Å².